The van der Waals surface area contributed by atoms with Crippen molar-refractivity contribution in [2.75, 3.05) is 33.0 Å². The fraction of sp³-hybridized carbons (Fsp3) is 0.684. The zero-order valence-electron chi connectivity index (χ0n) is 15.0. The molecule has 3 aliphatic rings. The SMILES string of the molecule is CC(=O)c1cc(CC(=O)N2C[C@H]3COCC[C@@]3(O)[C@@H]3COCC[C@@H]32)cs1. The van der Waals surface area contributed by atoms with Gasteiger partial charge in [-0.15, -0.1) is 11.3 Å². The fourth-order valence-corrected chi connectivity index (χ4v) is 5.49. The lowest BCUT2D eigenvalue weighted by molar-refractivity contribution is -0.219. The molecule has 0 spiro atoms. The first-order valence-electron chi connectivity index (χ1n) is 9.24. The summed E-state index contributed by atoms with van der Waals surface area (Å²) < 4.78 is 11.2. The highest BCUT2D eigenvalue weighted by Crippen LogP contribution is 2.44. The lowest BCUT2D eigenvalue weighted by Gasteiger charge is -2.57. The summed E-state index contributed by atoms with van der Waals surface area (Å²) >= 11 is 1.39. The van der Waals surface area contributed by atoms with Crippen LogP contribution < -0.4 is 0 Å². The van der Waals surface area contributed by atoms with Crippen LogP contribution in [0.15, 0.2) is 11.4 Å². The van der Waals surface area contributed by atoms with Gasteiger partial charge in [0.15, 0.2) is 5.78 Å². The van der Waals surface area contributed by atoms with Gasteiger partial charge in [0.25, 0.3) is 0 Å². The molecule has 1 amide bonds. The minimum atomic E-state index is -0.801. The van der Waals surface area contributed by atoms with Crippen molar-refractivity contribution in [3.8, 4) is 0 Å². The molecule has 7 heteroatoms. The molecule has 3 saturated heterocycles. The average molecular weight is 379 g/mol. The van der Waals surface area contributed by atoms with Crippen molar-refractivity contribution in [3.63, 3.8) is 0 Å². The lowest BCUT2D eigenvalue weighted by Crippen LogP contribution is -2.69. The van der Waals surface area contributed by atoms with Crippen LogP contribution >= 0.6 is 11.3 Å². The van der Waals surface area contributed by atoms with E-state index in [0.717, 1.165) is 12.0 Å². The van der Waals surface area contributed by atoms with Gasteiger partial charge in [-0.25, -0.2) is 0 Å². The molecular weight excluding hydrogens is 354 g/mol. The third-order valence-electron chi connectivity index (χ3n) is 6.13. The highest BCUT2D eigenvalue weighted by molar-refractivity contribution is 7.12. The average Bonchev–Trinajstić information content (AvgIpc) is 3.10. The van der Waals surface area contributed by atoms with E-state index in [4.69, 9.17) is 9.47 Å². The smallest absolute Gasteiger partial charge is 0.227 e. The van der Waals surface area contributed by atoms with Gasteiger partial charge in [-0.2, -0.15) is 0 Å². The Hall–Kier alpha value is -1.28. The Kier molecular flexibility index (Phi) is 4.90. The fourth-order valence-electron chi connectivity index (χ4n) is 4.67. The second kappa shape index (κ2) is 7.03. The van der Waals surface area contributed by atoms with Crippen LogP contribution in [-0.4, -0.2) is 66.3 Å². The topological polar surface area (TPSA) is 76.1 Å². The van der Waals surface area contributed by atoms with E-state index in [-0.39, 0.29) is 29.6 Å². The van der Waals surface area contributed by atoms with Crippen LogP contribution in [0.3, 0.4) is 0 Å². The van der Waals surface area contributed by atoms with E-state index in [1.54, 1.807) is 6.92 Å². The Labute approximate surface area is 157 Å². The van der Waals surface area contributed by atoms with Gasteiger partial charge in [-0.3, -0.25) is 9.59 Å². The summed E-state index contributed by atoms with van der Waals surface area (Å²) in [5, 5.41) is 13.2. The molecule has 4 heterocycles. The monoisotopic (exact) mass is 379 g/mol. The summed E-state index contributed by atoms with van der Waals surface area (Å²) in [5.41, 5.74) is 0.0825. The Morgan fingerprint density at radius 3 is 2.92 bits per heavy atom. The van der Waals surface area contributed by atoms with E-state index in [9.17, 15) is 14.7 Å². The predicted octanol–water partition coefficient (Wildman–Crippen LogP) is 1.51. The molecule has 142 valence electrons. The van der Waals surface area contributed by atoms with E-state index in [1.165, 1.54) is 11.3 Å². The molecule has 0 unspecified atom stereocenters. The van der Waals surface area contributed by atoms with E-state index in [1.807, 2.05) is 16.3 Å². The molecule has 0 aliphatic carbocycles. The van der Waals surface area contributed by atoms with Crippen molar-refractivity contribution in [2.45, 2.75) is 37.8 Å². The number of Topliss-reactive ketones (excluding diaryl/α,β-unsaturated/α-hetero) is 1. The summed E-state index contributed by atoms with van der Waals surface area (Å²) in [7, 11) is 0. The van der Waals surface area contributed by atoms with E-state index in [2.05, 4.69) is 0 Å². The molecule has 26 heavy (non-hydrogen) atoms. The molecular formula is C19H25NO5S. The number of aliphatic hydroxyl groups is 1. The van der Waals surface area contributed by atoms with Crippen molar-refractivity contribution >= 4 is 23.0 Å². The number of likely N-dealkylation sites (tertiary alicyclic amines) is 1. The summed E-state index contributed by atoms with van der Waals surface area (Å²) in [6.07, 6.45) is 1.66. The van der Waals surface area contributed by atoms with Crippen LogP contribution in [0, 0.1) is 11.8 Å². The molecule has 0 saturated carbocycles. The first-order chi connectivity index (χ1) is 12.5. The van der Waals surface area contributed by atoms with Crippen molar-refractivity contribution in [2.24, 2.45) is 11.8 Å². The number of rotatable bonds is 3. The number of ketones is 1. The molecule has 1 aromatic heterocycles. The van der Waals surface area contributed by atoms with E-state index >= 15 is 0 Å². The number of hydrogen-bond acceptors (Lipinski definition) is 6. The highest BCUT2D eigenvalue weighted by Gasteiger charge is 2.56. The number of carbonyl (C=O) groups is 2. The minimum absolute atomic E-state index is 0.0153. The molecule has 6 nitrogen and oxygen atoms in total. The van der Waals surface area contributed by atoms with Gasteiger partial charge < -0.3 is 19.5 Å². The van der Waals surface area contributed by atoms with Gasteiger partial charge in [0, 0.05) is 44.1 Å². The number of hydrogen-bond donors (Lipinski definition) is 1. The Morgan fingerprint density at radius 1 is 1.35 bits per heavy atom. The van der Waals surface area contributed by atoms with Gasteiger partial charge in [0.2, 0.25) is 5.91 Å². The highest BCUT2D eigenvalue weighted by atomic mass is 32.1. The normalized spacial score (nSPS) is 34.1. The summed E-state index contributed by atoms with van der Waals surface area (Å²) in [4.78, 5) is 27.2. The van der Waals surface area contributed by atoms with Crippen LogP contribution in [0.4, 0.5) is 0 Å². The largest absolute Gasteiger partial charge is 0.389 e. The van der Waals surface area contributed by atoms with Gasteiger partial charge in [-0.05, 0) is 30.4 Å². The number of carbonyl (C=O) groups excluding carboxylic acids is 2. The second-order valence-electron chi connectivity index (χ2n) is 7.65. The maximum Gasteiger partial charge on any atom is 0.227 e. The molecule has 4 rings (SSSR count). The molecule has 4 atom stereocenters. The van der Waals surface area contributed by atoms with Crippen molar-refractivity contribution < 1.29 is 24.2 Å². The number of amides is 1. The van der Waals surface area contributed by atoms with Crippen LogP contribution in [0.25, 0.3) is 0 Å². The number of ether oxygens (including phenoxy) is 2. The Bertz CT molecular complexity index is 704. The van der Waals surface area contributed by atoms with Crippen molar-refractivity contribution in [1.82, 2.24) is 4.90 Å². The second-order valence-corrected chi connectivity index (χ2v) is 8.56. The van der Waals surface area contributed by atoms with E-state index in [0.29, 0.717) is 50.7 Å². The van der Waals surface area contributed by atoms with Crippen molar-refractivity contribution in [1.29, 1.82) is 0 Å². The van der Waals surface area contributed by atoms with Gasteiger partial charge >= 0.3 is 0 Å². The Morgan fingerprint density at radius 2 is 2.15 bits per heavy atom. The molecule has 3 aliphatic heterocycles. The Balaban J connectivity index is 1.54. The lowest BCUT2D eigenvalue weighted by atomic mass is 9.66. The third-order valence-corrected chi connectivity index (χ3v) is 7.21. The zero-order valence-corrected chi connectivity index (χ0v) is 15.8. The van der Waals surface area contributed by atoms with Crippen molar-refractivity contribution in [3.05, 3.63) is 21.9 Å². The number of piperidine rings is 1. The van der Waals surface area contributed by atoms with Gasteiger partial charge in [0.05, 0.1) is 30.1 Å². The van der Waals surface area contributed by atoms with Crippen LogP contribution in [0.2, 0.25) is 0 Å². The first-order valence-corrected chi connectivity index (χ1v) is 10.1. The van der Waals surface area contributed by atoms with Crippen LogP contribution in [-0.2, 0) is 20.7 Å². The predicted molar refractivity (Wildman–Crippen MR) is 96.3 cm³/mol. The minimum Gasteiger partial charge on any atom is -0.389 e. The summed E-state index contributed by atoms with van der Waals surface area (Å²) in [6.45, 7) is 4.23. The number of fused-ring (bicyclic) bond motifs is 3. The molecule has 1 N–H and O–H groups in total. The first kappa shape index (κ1) is 18.1. The maximum atomic E-state index is 13.1. The molecule has 3 fully saturated rings. The summed E-state index contributed by atoms with van der Waals surface area (Å²) in [6, 6.07) is 1.83. The number of nitrogens with zero attached hydrogens (tertiary/aromatic N) is 1. The molecule has 0 radical (unpaired) electrons. The third kappa shape index (κ3) is 3.11. The standard InChI is InChI=1S/C19H25NO5S/c1-12(21)17-6-13(11-26-17)7-18(22)20-8-14-9-25-5-3-19(14,23)15-10-24-4-2-16(15)20/h6,11,14-16,23H,2-5,7-10H2,1H3/t14-,15+,16-,19-/m0/s1. The van der Waals surface area contributed by atoms with Crippen LogP contribution in [0.1, 0.15) is 35.0 Å². The molecule has 0 aromatic carbocycles. The quantitative estimate of drug-likeness (QED) is 0.806. The van der Waals surface area contributed by atoms with Gasteiger partial charge in [-0.1, -0.05) is 0 Å². The van der Waals surface area contributed by atoms with Crippen LogP contribution in [0.5, 0.6) is 0 Å². The van der Waals surface area contributed by atoms with E-state index < -0.39 is 5.60 Å². The maximum absolute atomic E-state index is 13.1. The van der Waals surface area contributed by atoms with Gasteiger partial charge in [0.1, 0.15) is 0 Å². The molecule has 1 aromatic rings. The summed E-state index contributed by atoms with van der Waals surface area (Å²) in [5.74, 6) is -0.0421. The number of thiophene rings is 1. The molecule has 0 bridgehead atoms. The zero-order chi connectivity index (χ0) is 18.3.